The highest BCUT2D eigenvalue weighted by molar-refractivity contribution is 7.10. The molecule has 0 aliphatic rings. The van der Waals surface area contributed by atoms with E-state index in [1.165, 1.54) is 4.88 Å². The lowest BCUT2D eigenvalue weighted by Crippen LogP contribution is -2.10. The summed E-state index contributed by atoms with van der Waals surface area (Å²) in [4.78, 5) is 4.30. The maximum absolute atomic E-state index is 5.98. The average Bonchev–Trinajstić information content (AvgIpc) is 2.77. The Balaban J connectivity index is 0.000000845. The smallest absolute Gasteiger partial charge is 0.0797 e. The molecule has 0 bridgehead atoms. The molecule has 2 heterocycles. The minimum absolute atomic E-state index is 0. The Morgan fingerprint density at radius 2 is 2.15 bits per heavy atom. The summed E-state index contributed by atoms with van der Waals surface area (Å²) in [7, 11) is 0. The van der Waals surface area contributed by atoms with Gasteiger partial charge in [-0.1, -0.05) is 6.07 Å². The van der Waals surface area contributed by atoms with Crippen molar-refractivity contribution in [3.8, 4) is 0 Å². The first kappa shape index (κ1) is 10.3. The van der Waals surface area contributed by atoms with Crippen LogP contribution in [0, 0.1) is 0 Å². The molecule has 13 heavy (non-hydrogen) atoms. The Morgan fingerprint density at radius 3 is 2.69 bits per heavy atom. The quantitative estimate of drug-likeness (QED) is 0.793. The van der Waals surface area contributed by atoms with Crippen LogP contribution in [0.4, 0.5) is 0 Å². The van der Waals surface area contributed by atoms with Crippen molar-refractivity contribution in [2.24, 2.45) is 5.73 Å². The summed E-state index contributed by atoms with van der Waals surface area (Å²) in [5, 5.41) is 2.04. The van der Waals surface area contributed by atoms with Gasteiger partial charge in [0.25, 0.3) is 0 Å². The van der Waals surface area contributed by atoms with E-state index in [1.54, 1.807) is 11.3 Å². The van der Waals surface area contributed by atoms with Gasteiger partial charge in [0.2, 0.25) is 0 Å². The molecule has 4 heteroatoms. The molecule has 0 aliphatic heterocycles. The molecule has 2 aromatic heterocycles. The van der Waals surface area contributed by atoms with Gasteiger partial charge in [-0.25, -0.2) is 0 Å². The fourth-order valence-corrected chi connectivity index (χ4v) is 1.90. The first-order valence-electron chi connectivity index (χ1n) is 3.80. The minimum atomic E-state index is -0.000000000000000666. The van der Waals surface area contributed by atoms with Crippen LogP contribution < -0.4 is 5.73 Å². The first-order valence-corrected chi connectivity index (χ1v) is 4.68. The lowest BCUT2D eigenvalue weighted by molar-refractivity contribution is 0.858. The Bertz CT molecular complexity index is 294. The molecule has 0 saturated heterocycles. The zero-order valence-electron chi connectivity index (χ0n) is 6.94. The highest BCUT2D eigenvalue weighted by Crippen LogP contribution is 2.21. The molecular formula is C9H11ClN2S. The van der Waals surface area contributed by atoms with E-state index in [4.69, 9.17) is 5.73 Å². The number of H-pyrrole nitrogens is 1. The average molecular weight is 215 g/mol. The van der Waals surface area contributed by atoms with Crippen LogP contribution in [0.5, 0.6) is 0 Å². The molecule has 3 N–H and O–H groups in total. The topological polar surface area (TPSA) is 41.8 Å². The number of aromatic amines is 1. The van der Waals surface area contributed by atoms with Crippen LogP contribution in [0.25, 0.3) is 0 Å². The number of nitrogens with one attached hydrogen (secondary N) is 1. The van der Waals surface area contributed by atoms with Crippen LogP contribution >= 0.6 is 23.7 Å². The van der Waals surface area contributed by atoms with E-state index in [2.05, 4.69) is 11.1 Å². The van der Waals surface area contributed by atoms with Crippen molar-refractivity contribution >= 4 is 23.7 Å². The lowest BCUT2D eigenvalue weighted by atomic mass is 10.2. The van der Waals surface area contributed by atoms with Gasteiger partial charge in [-0.3, -0.25) is 0 Å². The number of rotatable bonds is 2. The van der Waals surface area contributed by atoms with Gasteiger partial charge in [0, 0.05) is 16.8 Å². The summed E-state index contributed by atoms with van der Waals surface area (Å²) in [5.41, 5.74) is 7.05. The van der Waals surface area contributed by atoms with E-state index < -0.39 is 0 Å². The molecule has 0 aliphatic carbocycles. The van der Waals surface area contributed by atoms with E-state index in [0.717, 1.165) is 5.69 Å². The number of aromatic nitrogens is 1. The van der Waals surface area contributed by atoms with Gasteiger partial charge >= 0.3 is 0 Å². The molecule has 2 nitrogen and oxygen atoms in total. The van der Waals surface area contributed by atoms with Crippen molar-refractivity contribution in [3.63, 3.8) is 0 Å². The minimum Gasteiger partial charge on any atom is -0.363 e. The van der Waals surface area contributed by atoms with Crippen LogP contribution in [0.3, 0.4) is 0 Å². The number of hydrogen-bond acceptors (Lipinski definition) is 2. The van der Waals surface area contributed by atoms with Crippen LogP contribution in [-0.4, -0.2) is 4.98 Å². The van der Waals surface area contributed by atoms with Gasteiger partial charge in [0.05, 0.1) is 6.04 Å². The van der Waals surface area contributed by atoms with Gasteiger partial charge in [-0.2, -0.15) is 0 Å². The zero-order chi connectivity index (χ0) is 8.39. The van der Waals surface area contributed by atoms with E-state index in [-0.39, 0.29) is 18.4 Å². The van der Waals surface area contributed by atoms with E-state index in [1.807, 2.05) is 29.8 Å². The molecule has 0 unspecified atom stereocenters. The number of hydrogen-bond donors (Lipinski definition) is 2. The molecule has 0 amide bonds. The second-order valence-corrected chi connectivity index (χ2v) is 3.60. The SMILES string of the molecule is Cl.N[C@H](c1ccc[nH]1)c1cccs1. The normalized spacial score (nSPS) is 12.1. The van der Waals surface area contributed by atoms with Gasteiger partial charge in [-0.05, 0) is 23.6 Å². The summed E-state index contributed by atoms with van der Waals surface area (Å²) in [5.74, 6) is 0. The number of nitrogens with two attached hydrogens (primary N) is 1. The molecule has 2 rings (SSSR count). The predicted octanol–water partition coefficient (Wildman–Crippen LogP) is 2.55. The molecule has 70 valence electrons. The molecule has 1 atom stereocenters. The third-order valence-electron chi connectivity index (χ3n) is 1.81. The van der Waals surface area contributed by atoms with Crippen molar-refractivity contribution in [2.45, 2.75) is 6.04 Å². The van der Waals surface area contributed by atoms with Gasteiger partial charge < -0.3 is 10.7 Å². The summed E-state index contributed by atoms with van der Waals surface area (Å²) in [6.45, 7) is 0. The molecule has 0 radical (unpaired) electrons. The second-order valence-electron chi connectivity index (χ2n) is 2.62. The second kappa shape index (κ2) is 4.46. The summed E-state index contributed by atoms with van der Waals surface area (Å²) in [6, 6.07) is 8.03. The Hall–Kier alpha value is -0.770. The van der Waals surface area contributed by atoms with Crippen LogP contribution in [-0.2, 0) is 0 Å². The number of halogens is 1. The molecule has 0 fully saturated rings. The highest BCUT2D eigenvalue weighted by atomic mass is 35.5. The Kier molecular flexibility index (Phi) is 3.54. The van der Waals surface area contributed by atoms with Crippen molar-refractivity contribution in [2.75, 3.05) is 0 Å². The number of thiophene rings is 1. The largest absolute Gasteiger partial charge is 0.363 e. The zero-order valence-corrected chi connectivity index (χ0v) is 8.57. The summed E-state index contributed by atoms with van der Waals surface area (Å²) < 4.78 is 0. The molecular weight excluding hydrogens is 204 g/mol. The fourth-order valence-electron chi connectivity index (χ4n) is 1.16. The van der Waals surface area contributed by atoms with Crippen LogP contribution in [0.1, 0.15) is 16.6 Å². The predicted molar refractivity (Wildman–Crippen MR) is 58.4 cm³/mol. The Morgan fingerprint density at radius 1 is 1.31 bits per heavy atom. The van der Waals surface area contributed by atoms with Crippen molar-refractivity contribution in [1.29, 1.82) is 0 Å². The third-order valence-corrected chi connectivity index (χ3v) is 2.76. The lowest BCUT2D eigenvalue weighted by Gasteiger charge is -2.05. The van der Waals surface area contributed by atoms with Gasteiger partial charge in [0.15, 0.2) is 0 Å². The van der Waals surface area contributed by atoms with Gasteiger partial charge in [-0.15, -0.1) is 23.7 Å². The van der Waals surface area contributed by atoms with E-state index in [0.29, 0.717) is 0 Å². The Labute approximate surface area is 87.2 Å². The summed E-state index contributed by atoms with van der Waals surface area (Å²) >= 11 is 1.68. The first-order chi connectivity index (χ1) is 5.88. The van der Waals surface area contributed by atoms with Crippen LogP contribution in [0.2, 0.25) is 0 Å². The highest BCUT2D eigenvalue weighted by Gasteiger charge is 2.09. The maximum atomic E-state index is 5.98. The summed E-state index contributed by atoms with van der Waals surface area (Å²) in [6.07, 6.45) is 1.89. The fraction of sp³-hybridized carbons (Fsp3) is 0.111. The van der Waals surface area contributed by atoms with Crippen molar-refractivity contribution < 1.29 is 0 Å². The maximum Gasteiger partial charge on any atom is 0.0797 e. The third kappa shape index (κ3) is 2.12. The van der Waals surface area contributed by atoms with Gasteiger partial charge in [0.1, 0.15) is 0 Å². The van der Waals surface area contributed by atoms with Crippen molar-refractivity contribution in [1.82, 2.24) is 4.98 Å². The molecule has 0 aromatic carbocycles. The standard InChI is InChI=1S/C9H10N2S.ClH/c10-9(7-3-1-5-11-7)8-4-2-6-12-8;/h1-6,9,11H,10H2;1H/t9-;/m1./s1. The molecule has 0 spiro atoms. The molecule has 2 aromatic rings. The molecule has 0 saturated carbocycles. The van der Waals surface area contributed by atoms with Crippen molar-refractivity contribution in [3.05, 3.63) is 46.4 Å². The van der Waals surface area contributed by atoms with E-state index >= 15 is 0 Å². The monoisotopic (exact) mass is 214 g/mol. The van der Waals surface area contributed by atoms with Crippen LogP contribution in [0.15, 0.2) is 35.8 Å². The van der Waals surface area contributed by atoms with E-state index in [9.17, 15) is 0 Å².